The van der Waals surface area contributed by atoms with Crippen LogP contribution in [0.3, 0.4) is 0 Å². The van der Waals surface area contributed by atoms with Crippen molar-refractivity contribution in [2.24, 2.45) is 0 Å². The first-order chi connectivity index (χ1) is 7.93. The van der Waals surface area contributed by atoms with Crippen LogP contribution in [-0.2, 0) is 19.2 Å². The smallest absolute Gasteiger partial charge is 0.229 e. The normalized spacial score (nSPS) is 11.1. The molecule has 0 spiro atoms. The van der Waals surface area contributed by atoms with Gasteiger partial charge in [0.2, 0.25) is 0 Å². The van der Waals surface area contributed by atoms with Gasteiger partial charge in [0.1, 0.15) is 0 Å². The highest BCUT2D eigenvalue weighted by atomic mass is 16.2. The zero-order chi connectivity index (χ0) is 13.6. The number of carbonyl (C=O) groups is 4. The minimum Gasteiger partial charge on any atom is -0.229 e. The fraction of sp³-hybridized carbons (Fsp3) is 0.667. The van der Waals surface area contributed by atoms with Crippen molar-refractivity contribution in [3.63, 3.8) is 0 Å². The van der Waals surface area contributed by atoms with E-state index < -0.39 is 28.1 Å². The summed E-state index contributed by atoms with van der Waals surface area (Å²) in [6.07, 6.45) is -0.0428. The molecule has 0 atom stereocenters. The van der Waals surface area contributed by atoms with Gasteiger partial charge in [-0.2, -0.15) is 0 Å². The predicted molar refractivity (Wildman–Crippen MR) is 61.5 cm³/mol. The molecular formula is C12H20NO4+. The summed E-state index contributed by atoms with van der Waals surface area (Å²) in [5.41, 5.74) is 0. The minimum absolute atomic E-state index is 0.0107. The first kappa shape index (κ1) is 15.6. The van der Waals surface area contributed by atoms with Gasteiger partial charge in [-0.3, -0.25) is 0 Å². The van der Waals surface area contributed by atoms with E-state index in [1.165, 1.54) is 0 Å². The highest BCUT2D eigenvalue weighted by Gasteiger charge is 2.54. The fourth-order valence-corrected chi connectivity index (χ4v) is 1.78. The lowest BCUT2D eigenvalue weighted by Crippen LogP contribution is -2.63. The van der Waals surface area contributed by atoms with Gasteiger partial charge in [-0.15, -0.1) is 0 Å². The maximum atomic E-state index is 11.9. The monoisotopic (exact) mass is 242 g/mol. The molecule has 0 saturated heterocycles. The second-order valence-corrected chi connectivity index (χ2v) is 3.66. The number of hydrogen-bond donors (Lipinski definition) is 0. The SMILES string of the molecule is CCC(=O)[N+](C(=O)CC)(C(=O)CC)C(=O)CC. The van der Waals surface area contributed by atoms with Crippen molar-refractivity contribution in [3.05, 3.63) is 0 Å². The molecular weight excluding hydrogens is 222 g/mol. The van der Waals surface area contributed by atoms with E-state index in [9.17, 15) is 19.2 Å². The molecule has 0 radical (unpaired) electrons. The van der Waals surface area contributed by atoms with Crippen molar-refractivity contribution in [3.8, 4) is 0 Å². The van der Waals surface area contributed by atoms with Crippen LogP contribution in [0, 0.1) is 0 Å². The maximum Gasteiger partial charge on any atom is 0.335 e. The lowest BCUT2D eigenvalue weighted by molar-refractivity contribution is -0.629. The fourth-order valence-electron chi connectivity index (χ4n) is 1.78. The molecule has 0 aliphatic heterocycles. The summed E-state index contributed by atoms with van der Waals surface area (Å²) in [6.45, 7) is 6.18. The molecule has 0 aliphatic rings. The van der Waals surface area contributed by atoms with Crippen LogP contribution >= 0.6 is 0 Å². The van der Waals surface area contributed by atoms with E-state index in [0.717, 1.165) is 0 Å². The van der Waals surface area contributed by atoms with Crippen LogP contribution in [0.5, 0.6) is 0 Å². The number of hydrogen-bond acceptors (Lipinski definition) is 4. The molecule has 4 amide bonds. The Labute approximate surface area is 101 Å². The Kier molecular flexibility index (Phi) is 5.88. The molecule has 0 aromatic carbocycles. The molecule has 0 bridgehead atoms. The first-order valence-electron chi connectivity index (χ1n) is 5.95. The van der Waals surface area contributed by atoms with Crippen LogP contribution < -0.4 is 0 Å². The van der Waals surface area contributed by atoms with Gasteiger partial charge < -0.3 is 0 Å². The molecule has 96 valence electrons. The molecule has 5 heteroatoms. The van der Waals surface area contributed by atoms with Gasteiger partial charge in [0.05, 0.1) is 25.7 Å². The van der Waals surface area contributed by atoms with E-state index in [2.05, 4.69) is 0 Å². The predicted octanol–water partition coefficient (Wildman–Crippen LogP) is 1.55. The standard InChI is InChI=1S/C12H20NO4/c1-5-9(14)13(10(15)6-2,11(16)7-3)12(17)8-4/h5-8H2,1-4H3/q+1. The van der Waals surface area contributed by atoms with Crippen molar-refractivity contribution in [1.82, 2.24) is 0 Å². The lowest BCUT2D eigenvalue weighted by Gasteiger charge is -2.26. The number of rotatable bonds is 4. The van der Waals surface area contributed by atoms with E-state index >= 15 is 0 Å². The topological polar surface area (TPSA) is 68.3 Å². The summed E-state index contributed by atoms with van der Waals surface area (Å²) in [5.74, 6) is -2.52. The highest BCUT2D eigenvalue weighted by molar-refractivity contribution is 6.09. The Morgan fingerprint density at radius 2 is 0.765 bits per heavy atom. The van der Waals surface area contributed by atoms with Crippen molar-refractivity contribution in [1.29, 1.82) is 0 Å². The number of nitrogens with zero attached hydrogens (tertiary/aromatic N) is 1. The van der Waals surface area contributed by atoms with E-state index in [1.807, 2.05) is 0 Å². The van der Waals surface area contributed by atoms with Crippen molar-refractivity contribution < 1.29 is 23.7 Å². The zero-order valence-corrected chi connectivity index (χ0v) is 10.9. The van der Waals surface area contributed by atoms with Gasteiger partial charge in [0.25, 0.3) is 0 Å². The minimum atomic E-state index is -1.24. The second-order valence-electron chi connectivity index (χ2n) is 3.66. The van der Waals surface area contributed by atoms with Crippen molar-refractivity contribution in [2.75, 3.05) is 0 Å². The third kappa shape index (κ3) is 2.49. The largest absolute Gasteiger partial charge is 0.335 e. The van der Waals surface area contributed by atoms with Gasteiger partial charge >= 0.3 is 23.6 Å². The number of amides is 4. The highest BCUT2D eigenvalue weighted by Crippen LogP contribution is 2.19. The van der Waals surface area contributed by atoms with Gasteiger partial charge in [0.15, 0.2) is 0 Å². The van der Waals surface area contributed by atoms with E-state index in [4.69, 9.17) is 0 Å². The van der Waals surface area contributed by atoms with Gasteiger partial charge in [-0.25, -0.2) is 19.2 Å². The van der Waals surface area contributed by atoms with Gasteiger partial charge in [0, 0.05) is 0 Å². The molecule has 17 heavy (non-hydrogen) atoms. The molecule has 0 aromatic rings. The molecule has 0 unspecified atom stereocenters. The number of carbonyl (C=O) groups excluding carboxylic acids is 4. The summed E-state index contributed by atoms with van der Waals surface area (Å²) < 4.78 is -1.24. The molecule has 0 aromatic heterocycles. The van der Waals surface area contributed by atoms with Gasteiger partial charge in [-0.1, -0.05) is 32.2 Å². The summed E-state index contributed by atoms with van der Waals surface area (Å²) in [6, 6.07) is 0. The average molecular weight is 242 g/mol. The summed E-state index contributed by atoms with van der Waals surface area (Å²) in [7, 11) is 0. The molecule has 0 N–H and O–H groups in total. The van der Waals surface area contributed by atoms with E-state index in [-0.39, 0.29) is 25.7 Å². The summed E-state index contributed by atoms with van der Waals surface area (Å²) in [5, 5.41) is 0. The third-order valence-electron chi connectivity index (χ3n) is 2.71. The Morgan fingerprint density at radius 1 is 0.588 bits per heavy atom. The Morgan fingerprint density at radius 3 is 0.882 bits per heavy atom. The lowest BCUT2D eigenvalue weighted by atomic mass is 10.1. The maximum absolute atomic E-state index is 11.9. The Bertz CT molecular complexity index is 277. The summed E-state index contributed by atoms with van der Waals surface area (Å²) >= 11 is 0. The van der Waals surface area contributed by atoms with Gasteiger partial charge in [-0.05, 0) is 0 Å². The second kappa shape index (κ2) is 6.39. The Hall–Kier alpha value is -1.36. The average Bonchev–Trinajstić information content (AvgIpc) is 2.37. The van der Waals surface area contributed by atoms with Crippen LogP contribution in [0.2, 0.25) is 0 Å². The van der Waals surface area contributed by atoms with Crippen molar-refractivity contribution >= 4 is 23.6 Å². The quantitative estimate of drug-likeness (QED) is 0.701. The Balaban J connectivity index is 5.88. The molecule has 0 saturated carbocycles. The van der Waals surface area contributed by atoms with E-state index in [0.29, 0.717) is 0 Å². The zero-order valence-electron chi connectivity index (χ0n) is 10.9. The van der Waals surface area contributed by atoms with Crippen LogP contribution in [0.4, 0.5) is 0 Å². The van der Waals surface area contributed by atoms with Crippen LogP contribution in [-0.4, -0.2) is 28.1 Å². The number of quaternary nitrogens is 1. The first-order valence-corrected chi connectivity index (χ1v) is 5.95. The van der Waals surface area contributed by atoms with E-state index in [1.54, 1.807) is 27.7 Å². The van der Waals surface area contributed by atoms with Crippen LogP contribution in [0.1, 0.15) is 53.4 Å². The third-order valence-corrected chi connectivity index (χ3v) is 2.71. The van der Waals surface area contributed by atoms with Crippen molar-refractivity contribution in [2.45, 2.75) is 53.4 Å². The number of imide groups is 6. The molecule has 0 rings (SSSR count). The summed E-state index contributed by atoms with van der Waals surface area (Å²) in [4.78, 5) is 47.8. The molecule has 0 heterocycles. The molecule has 5 nitrogen and oxygen atoms in total. The van der Waals surface area contributed by atoms with Crippen LogP contribution in [0.15, 0.2) is 0 Å². The molecule has 0 aliphatic carbocycles. The van der Waals surface area contributed by atoms with Crippen LogP contribution in [0.25, 0.3) is 0 Å². The molecule has 0 fully saturated rings.